The lowest BCUT2D eigenvalue weighted by Crippen LogP contribution is -2.49. The van der Waals surface area contributed by atoms with Crippen LogP contribution >= 0.6 is 0 Å². The highest BCUT2D eigenvalue weighted by Crippen LogP contribution is 2.17. The lowest BCUT2D eigenvalue weighted by atomic mass is 9.95. The highest BCUT2D eigenvalue weighted by Gasteiger charge is 2.25. The normalized spacial score (nSPS) is 18.2. The van der Waals surface area contributed by atoms with E-state index in [-0.39, 0.29) is 11.9 Å². The second kappa shape index (κ2) is 5.98. The quantitative estimate of drug-likeness (QED) is 0.808. The number of hydrogen-bond acceptors (Lipinski definition) is 3. The number of nitrogens with one attached hydrogen (secondary N) is 2. The first-order valence-corrected chi connectivity index (χ1v) is 6.42. The fourth-order valence-corrected chi connectivity index (χ4v) is 2.28. The molecule has 1 aromatic carbocycles. The first kappa shape index (κ1) is 13.1. The van der Waals surface area contributed by atoms with Gasteiger partial charge in [0.2, 0.25) is 5.91 Å². The fourth-order valence-electron chi connectivity index (χ4n) is 2.28. The molecule has 0 spiro atoms. The maximum atomic E-state index is 12.2. The van der Waals surface area contributed by atoms with Gasteiger partial charge in [0.1, 0.15) is 0 Å². The van der Waals surface area contributed by atoms with Gasteiger partial charge in [0.15, 0.2) is 0 Å². The Morgan fingerprint density at radius 2 is 2.17 bits per heavy atom. The average Bonchev–Trinajstić information content (AvgIpc) is 2.43. The summed E-state index contributed by atoms with van der Waals surface area (Å²) < 4.78 is 0. The van der Waals surface area contributed by atoms with Gasteiger partial charge in [0.25, 0.3) is 0 Å². The molecule has 0 bridgehead atoms. The first-order valence-electron chi connectivity index (χ1n) is 6.42. The van der Waals surface area contributed by atoms with Crippen molar-refractivity contribution in [2.75, 3.05) is 27.2 Å². The van der Waals surface area contributed by atoms with E-state index in [1.54, 1.807) is 4.90 Å². The Hall–Kier alpha value is -1.39. The molecule has 1 unspecified atom stereocenters. The Balaban J connectivity index is 1.98. The molecule has 1 aromatic rings. The molecule has 4 nitrogen and oxygen atoms in total. The Morgan fingerprint density at radius 3 is 2.89 bits per heavy atom. The molecule has 0 aliphatic carbocycles. The summed E-state index contributed by atoms with van der Waals surface area (Å²) in [6.45, 7) is 2.35. The van der Waals surface area contributed by atoms with E-state index in [0.29, 0.717) is 0 Å². The van der Waals surface area contributed by atoms with Gasteiger partial charge in [-0.3, -0.25) is 4.79 Å². The van der Waals surface area contributed by atoms with Crippen molar-refractivity contribution in [2.24, 2.45) is 0 Å². The van der Waals surface area contributed by atoms with Gasteiger partial charge in [-0.2, -0.15) is 0 Å². The molecule has 2 rings (SSSR count). The van der Waals surface area contributed by atoms with Crippen molar-refractivity contribution in [1.82, 2.24) is 15.5 Å². The van der Waals surface area contributed by atoms with Crippen molar-refractivity contribution in [3.8, 4) is 0 Å². The van der Waals surface area contributed by atoms with Crippen LogP contribution in [0.3, 0.4) is 0 Å². The van der Waals surface area contributed by atoms with Gasteiger partial charge in [0.05, 0.1) is 6.04 Å². The number of likely N-dealkylation sites (N-methyl/N-ethyl adjacent to an activating group) is 2. The molecular formula is C14H21N3O. The predicted octanol–water partition coefficient (Wildman–Crippen LogP) is 0.379. The van der Waals surface area contributed by atoms with Gasteiger partial charge >= 0.3 is 0 Å². The molecule has 18 heavy (non-hydrogen) atoms. The Kier molecular flexibility index (Phi) is 4.33. The number of carbonyl (C=O) groups is 1. The maximum absolute atomic E-state index is 12.2. The van der Waals surface area contributed by atoms with Crippen LogP contribution in [0.25, 0.3) is 0 Å². The number of nitrogens with zero attached hydrogens (tertiary/aromatic N) is 1. The van der Waals surface area contributed by atoms with Crippen LogP contribution < -0.4 is 10.6 Å². The zero-order valence-corrected chi connectivity index (χ0v) is 11.1. The third-order valence-corrected chi connectivity index (χ3v) is 3.45. The van der Waals surface area contributed by atoms with Crippen molar-refractivity contribution in [2.45, 2.75) is 19.0 Å². The SMILES string of the molecule is CNCCN(C)C(=O)C1Cc2ccccc2CN1. The van der Waals surface area contributed by atoms with Crippen LogP contribution in [0.1, 0.15) is 11.1 Å². The molecule has 1 aliphatic rings. The number of carbonyl (C=O) groups excluding carboxylic acids is 1. The predicted molar refractivity (Wildman–Crippen MR) is 72.3 cm³/mol. The van der Waals surface area contributed by atoms with E-state index in [9.17, 15) is 4.79 Å². The van der Waals surface area contributed by atoms with Gasteiger partial charge in [0, 0.05) is 26.7 Å². The standard InChI is InChI=1S/C14H21N3O/c1-15-7-8-17(2)14(18)13-9-11-5-3-4-6-12(11)10-16-13/h3-6,13,15-16H,7-10H2,1-2H3. The van der Waals surface area contributed by atoms with E-state index >= 15 is 0 Å². The second-order valence-corrected chi connectivity index (χ2v) is 4.77. The molecule has 1 atom stereocenters. The van der Waals surface area contributed by atoms with Gasteiger partial charge in [-0.1, -0.05) is 24.3 Å². The Morgan fingerprint density at radius 1 is 1.44 bits per heavy atom. The highest BCUT2D eigenvalue weighted by molar-refractivity contribution is 5.82. The largest absolute Gasteiger partial charge is 0.343 e. The van der Waals surface area contributed by atoms with Crippen LogP contribution in [0.15, 0.2) is 24.3 Å². The van der Waals surface area contributed by atoms with Crippen molar-refractivity contribution in [1.29, 1.82) is 0 Å². The van der Waals surface area contributed by atoms with Crippen LogP contribution in [-0.2, 0) is 17.8 Å². The summed E-state index contributed by atoms with van der Waals surface area (Å²) in [7, 11) is 3.76. The summed E-state index contributed by atoms with van der Waals surface area (Å²) in [5, 5.41) is 6.38. The van der Waals surface area contributed by atoms with Crippen molar-refractivity contribution in [3.05, 3.63) is 35.4 Å². The smallest absolute Gasteiger partial charge is 0.239 e. The lowest BCUT2D eigenvalue weighted by molar-refractivity contribution is -0.132. The fraction of sp³-hybridized carbons (Fsp3) is 0.500. The van der Waals surface area contributed by atoms with Gasteiger partial charge in [-0.05, 0) is 24.6 Å². The molecule has 1 amide bonds. The molecule has 0 aromatic heterocycles. The van der Waals surface area contributed by atoms with Crippen LogP contribution in [0.5, 0.6) is 0 Å². The summed E-state index contributed by atoms with van der Waals surface area (Å²) >= 11 is 0. The Labute approximate surface area is 108 Å². The average molecular weight is 247 g/mol. The van der Waals surface area contributed by atoms with Gasteiger partial charge in [-0.25, -0.2) is 0 Å². The Bertz CT molecular complexity index is 419. The lowest BCUT2D eigenvalue weighted by Gasteiger charge is -2.29. The molecule has 4 heteroatoms. The van der Waals surface area contributed by atoms with E-state index < -0.39 is 0 Å². The molecule has 1 aliphatic heterocycles. The molecule has 98 valence electrons. The van der Waals surface area contributed by atoms with Crippen LogP contribution in [0.4, 0.5) is 0 Å². The van der Waals surface area contributed by atoms with Crippen molar-refractivity contribution in [3.63, 3.8) is 0 Å². The van der Waals surface area contributed by atoms with Crippen LogP contribution in [-0.4, -0.2) is 44.0 Å². The van der Waals surface area contributed by atoms with Crippen LogP contribution in [0, 0.1) is 0 Å². The molecule has 1 heterocycles. The number of benzene rings is 1. The molecule has 0 saturated carbocycles. The minimum Gasteiger partial charge on any atom is -0.343 e. The molecule has 0 saturated heterocycles. The summed E-state index contributed by atoms with van der Waals surface area (Å²) in [4.78, 5) is 14.0. The number of amides is 1. The number of fused-ring (bicyclic) bond motifs is 1. The third-order valence-electron chi connectivity index (χ3n) is 3.45. The first-order chi connectivity index (χ1) is 8.72. The third kappa shape index (κ3) is 2.89. The van der Waals surface area contributed by atoms with E-state index in [1.165, 1.54) is 11.1 Å². The summed E-state index contributed by atoms with van der Waals surface area (Å²) in [6, 6.07) is 8.23. The maximum Gasteiger partial charge on any atom is 0.239 e. The minimum atomic E-state index is -0.0817. The molecule has 0 radical (unpaired) electrons. The summed E-state index contributed by atoms with van der Waals surface area (Å²) in [5.74, 6) is 0.180. The number of rotatable bonds is 4. The van der Waals surface area contributed by atoms with E-state index in [0.717, 1.165) is 26.1 Å². The van der Waals surface area contributed by atoms with Gasteiger partial charge < -0.3 is 15.5 Å². The highest BCUT2D eigenvalue weighted by atomic mass is 16.2. The zero-order chi connectivity index (χ0) is 13.0. The topological polar surface area (TPSA) is 44.4 Å². The second-order valence-electron chi connectivity index (χ2n) is 4.77. The summed E-state index contributed by atoms with van der Waals surface area (Å²) in [5.41, 5.74) is 2.59. The molecular weight excluding hydrogens is 226 g/mol. The van der Waals surface area contributed by atoms with E-state index in [4.69, 9.17) is 0 Å². The number of hydrogen-bond donors (Lipinski definition) is 2. The summed E-state index contributed by atoms with van der Waals surface area (Å²) in [6.07, 6.45) is 0.791. The van der Waals surface area contributed by atoms with Gasteiger partial charge in [-0.15, -0.1) is 0 Å². The minimum absolute atomic E-state index is 0.0817. The van der Waals surface area contributed by atoms with Crippen molar-refractivity contribution < 1.29 is 4.79 Å². The monoisotopic (exact) mass is 247 g/mol. The van der Waals surface area contributed by atoms with E-state index in [1.807, 2.05) is 26.2 Å². The van der Waals surface area contributed by atoms with Crippen molar-refractivity contribution >= 4 is 5.91 Å². The zero-order valence-electron chi connectivity index (χ0n) is 11.1. The molecule has 2 N–H and O–H groups in total. The molecule has 0 fully saturated rings. The van der Waals surface area contributed by atoms with E-state index in [2.05, 4.69) is 22.8 Å². The van der Waals surface area contributed by atoms with Crippen LogP contribution in [0.2, 0.25) is 0 Å².